The predicted molar refractivity (Wildman–Crippen MR) is 119 cm³/mol. The maximum absolute atomic E-state index is 12.4. The molecule has 6 nitrogen and oxygen atoms in total. The van der Waals surface area contributed by atoms with Crippen molar-refractivity contribution in [3.05, 3.63) is 59.7 Å². The first-order valence-electron chi connectivity index (χ1n) is 10.00. The van der Waals surface area contributed by atoms with Crippen LogP contribution in [-0.2, 0) is 11.3 Å². The van der Waals surface area contributed by atoms with E-state index in [9.17, 15) is 9.59 Å². The van der Waals surface area contributed by atoms with Gasteiger partial charge in [0.1, 0.15) is 0 Å². The molecular weight excluding hydrogens is 364 g/mol. The molecule has 0 fully saturated rings. The summed E-state index contributed by atoms with van der Waals surface area (Å²) in [5.41, 5.74) is 3.62. The van der Waals surface area contributed by atoms with Crippen LogP contribution in [0.4, 0.5) is 11.4 Å². The van der Waals surface area contributed by atoms with E-state index in [0.29, 0.717) is 18.2 Å². The Hall–Kier alpha value is -2.86. The minimum Gasteiger partial charge on any atom is -0.369 e. The van der Waals surface area contributed by atoms with E-state index >= 15 is 0 Å². The quantitative estimate of drug-likeness (QED) is 0.682. The average molecular weight is 397 g/mol. The number of carbonyl (C=O) groups excluding carboxylic acids is 2. The zero-order valence-electron chi connectivity index (χ0n) is 18.0. The van der Waals surface area contributed by atoms with Crippen LogP contribution < -0.4 is 15.5 Å². The van der Waals surface area contributed by atoms with E-state index in [4.69, 9.17) is 0 Å². The molecule has 0 heterocycles. The number of anilines is 2. The van der Waals surface area contributed by atoms with E-state index in [0.717, 1.165) is 23.5 Å². The van der Waals surface area contributed by atoms with Gasteiger partial charge in [0.2, 0.25) is 5.91 Å². The zero-order valence-corrected chi connectivity index (χ0v) is 18.0. The van der Waals surface area contributed by atoms with Gasteiger partial charge in [-0.2, -0.15) is 0 Å². The predicted octanol–water partition coefficient (Wildman–Crippen LogP) is 3.35. The second-order valence-corrected chi connectivity index (χ2v) is 7.42. The summed E-state index contributed by atoms with van der Waals surface area (Å²) in [5, 5.41) is 5.56. The average Bonchev–Trinajstić information content (AvgIpc) is 2.69. The Kier molecular flexibility index (Phi) is 8.21. The number of amides is 2. The van der Waals surface area contributed by atoms with Gasteiger partial charge in [-0.1, -0.05) is 12.1 Å². The normalized spacial score (nSPS) is 10.9. The van der Waals surface area contributed by atoms with Crippen molar-refractivity contribution in [1.29, 1.82) is 0 Å². The Morgan fingerprint density at radius 1 is 1.00 bits per heavy atom. The van der Waals surface area contributed by atoms with Crippen LogP contribution in [0, 0.1) is 0 Å². The van der Waals surface area contributed by atoms with Gasteiger partial charge in [-0.25, -0.2) is 0 Å². The third-order valence-electron chi connectivity index (χ3n) is 4.76. The maximum atomic E-state index is 12.4. The lowest BCUT2D eigenvalue weighted by Gasteiger charge is -2.27. The highest BCUT2D eigenvalue weighted by molar-refractivity contribution is 5.94. The van der Waals surface area contributed by atoms with Gasteiger partial charge in [-0.15, -0.1) is 0 Å². The van der Waals surface area contributed by atoms with Crippen molar-refractivity contribution < 1.29 is 9.59 Å². The molecule has 2 aromatic rings. The van der Waals surface area contributed by atoms with E-state index in [1.807, 2.05) is 48.3 Å². The molecule has 0 aliphatic rings. The first-order valence-corrected chi connectivity index (χ1v) is 10.00. The van der Waals surface area contributed by atoms with Crippen LogP contribution in [0.25, 0.3) is 0 Å². The summed E-state index contributed by atoms with van der Waals surface area (Å²) in [6.07, 6.45) is 0. The fraction of sp³-hybridized carbons (Fsp3) is 0.391. The summed E-state index contributed by atoms with van der Waals surface area (Å²) in [7, 11) is 3.51. The van der Waals surface area contributed by atoms with Gasteiger partial charge in [0.15, 0.2) is 0 Å². The maximum Gasteiger partial charge on any atom is 0.251 e. The Balaban J connectivity index is 1.87. The summed E-state index contributed by atoms with van der Waals surface area (Å²) >= 11 is 0. The second-order valence-electron chi connectivity index (χ2n) is 7.42. The number of rotatable bonds is 9. The van der Waals surface area contributed by atoms with Gasteiger partial charge in [0.05, 0.1) is 6.54 Å². The standard InChI is InChI=1S/C23H32N4O2/c1-6-27(17(2)3)21-13-11-20(12-14-21)25-22(28)16-26(5)15-18-7-9-19(10-8-18)23(29)24-4/h7-14,17H,6,15-16H2,1-5H3,(H,24,29)(H,25,28). The molecule has 0 saturated heterocycles. The van der Waals surface area contributed by atoms with E-state index in [2.05, 4.69) is 36.3 Å². The largest absolute Gasteiger partial charge is 0.369 e. The molecule has 2 aromatic carbocycles. The highest BCUT2D eigenvalue weighted by Gasteiger charge is 2.11. The lowest BCUT2D eigenvalue weighted by atomic mass is 10.1. The SMILES string of the molecule is CCN(c1ccc(NC(=O)CN(C)Cc2ccc(C(=O)NC)cc2)cc1)C(C)C. The summed E-state index contributed by atoms with van der Waals surface area (Å²) in [5.74, 6) is -0.163. The van der Waals surface area contributed by atoms with Crippen LogP contribution in [0.15, 0.2) is 48.5 Å². The van der Waals surface area contributed by atoms with Crippen molar-refractivity contribution in [2.75, 3.05) is 37.4 Å². The van der Waals surface area contributed by atoms with E-state index in [1.165, 1.54) is 0 Å². The van der Waals surface area contributed by atoms with E-state index < -0.39 is 0 Å². The van der Waals surface area contributed by atoms with Crippen LogP contribution in [0.1, 0.15) is 36.7 Å². The number of nitrogens with zero attached hydrogens (tertiary/aromatic N) is 2. The molecule has 6 heteroatoms. The fourth-order valence-electron chi connectivity index (χ4n) is 3.30. The number of benzene rings is 2. The topological polar surface area (TPSA) is 64.7 Å². The molecule has 0 aliphatic heterocycles. The Morgan fingerprint density at radius 3 is 2.14 bits per heavy atom. The molecule has 0 aromatic heterocycles. The molecule has 0 atom stereocenters. The third-order valence-corrected chi connectivity index (χ3v) is 4.76. The van der Waals surface area contributed by atoms with E-state index in [-0.39, 0.29) is 18.4 Å². The molecule has 156 valence electrons. The molecule has 0 bridgehead atoms. The first-order chi connectivity index (χ1) is 13.8. The summed E-state index contributed by atoms with van der Waals surface area (Å²) in [6, 6.07) is 15.8. The van der Waals surface area contributed by atoms with Crippen LogP contribution in [0.3, 0.4) is 0 Å². The number of hydrogen-bond acceptors (Lipinski definition) is 4. The molecule has 0 radical (unpaired) electrons. The molecule has 0 spiro atoms. The minimum absolute atomic E-state index is 0.0570. The second kappa shape index (κ2) is 10.6. The summed E-state index contributed by atoms with van der Waals surface area (Å²) in [4.78, 5) is 28.2. The van der Waals surface area contributed by atoms with Crippen molar-refractivity contribution >= 4 is 23.2 Å². The molecule has 2 amide bonds. The van der Waals surface area contributed by atoms with Gasteiger partial charge in [-0.05, 0) is 69.8 Å². The van der Waals surface area contributed by atoms with Crippen molar-refractivity contribution in [2.45, 2.75) is 33.4 Å². The monoisotopic (exact) mass is 396 g/mol. The Bertz CT molecular complexity index is 801. The van der Waals surface area contributed by atoms with Crippen molar-refractivity contribution in [3.63, 3.8) is 0 Å². The summed E-state index contributed by atoms with van der Waals surface area (Å²) in [6.45, 7) is 8.32. The molecule has 0 saturated carbocycles. The van der Waals surface area contributed by atoms with Crippen molar-refractivity contribution in [3.8, 4) is 0 Å². The third kappa shape index (κ3) is 6.61. The molecule has 0 unspecified atom stereocenters. The first kappa shape index (κ1) is 22.4. The van der Waals surface area contributed by atoms with Crippen molar-refractivity contribution in [2.24, 2.45) is 0 Å². The number of carbonyl (C=O) groups is 2. The smallest absolute Gasteiger partial charge is 0.251 e. The van der Waals surface area contributed by atoms with Crippen LogP contribution in [0.2, 0.25) is 0 Å². The zero-order chi connectivity index (χ0) is 21.4. The van der Waals surface area contributed by atoms with Gasteiger partial charge in [0.25, 0.3) is 5.91 Å². The van der Waals surface area contributed by atoms with E-state index in [1.54, 1.807) is 19.2 Å². The fourth-order valence-corrected chi connectivity index (χ4v) is 3.30. The molecule has 2 rings (SSSR count). The van der Waals surface area contributed by atoms with Gasteiger partial charge in [0, 0.05) is 43.1 Å². The molecule has 29 heavy (non-hydrogen) atoms. The Morgan fingerprint density at radius 2 is 1.62 bits per heavy atom. The lowest BCUT2D eigenvalue weighted by molar-refractivity contribution is -0.117. The minimum atomic E-state index is -0.106. The number of hydrogen-bond donors (Lipinski definition) is 2. The molecular formula is C23H32N4O2. The van der Waals surface area contributed by atoms with Crippen LogP contribution in [0.5, 0.6) is 0 Å². The molecule has 2 N–H and O–H groups in total. The summed E-state index contributed by atoms with van der Waals surface area (Å²) < 4.78 is 0. The van der Waals surface area contributed by atoms with Gasteiger partial charge in [-0.3, -0.25) is 14.5 Å². The molecule has 0 aliphatic carbocycles. The number of likely N-dealkylation sites (N-methyl/N-ethyl adjacent to an activating group) is 1. The number of nitrogens with one attached hydrogen (secondary N) is 2. The lowest BCUT2D eigenvalue weighted by Crippen LogP contribution is -2.30. The van der Waals surface area contributed by atoms with Crippen molar-refractivity contribution in [1.82, 2.24) is 10.2 Å². The van der Waals surface area contributed by atoms with Gasteiger partial charge >= 0.3 is 0 Å². The Labute approximate surface area is 173 Å². The highest BCUT2D eigenvalue weighted by atomic mass is 16.2. The van der Waals surface area contributed by atoms with Crippen LogP contribution in [-0.4, -0.2) is 49.9 Å². The highest BCUT2D eigenvalue weighted by Crippen LogP contribution is 2.20. The van der Waals surface area contributed by atoms with Crippen LogP contribution >= 0.6 is 0 Å². The van der Waals surface area contributed by atoms with Gasteiger partial charge < -0.3 is 15.5 Å².